The molecule has 0 bridgehead atoms. The number of amides is 2. The molecule has 7 nitrogen and oxygen atoms in total. The molecular formula is C31H39N3O4S. The molecule has 1 atom stereocenters. The summed E-state index contributed by atoms with van der Waals surface area (Å²) < 4.78 is 26.3. The molecule has 1 N–H and O–H groups in total. The van der Waals surface area contributed by atoms with Crippen molar-refractivity contribution in [2.45, 2.75) is 52.1 Å². The summed E-state index contributed by atoms with van der Waals surface area (Å²) in [4.78, 5) is 28.9. The van der Waals surface area contributed by atoms with Crippen molar-refractivity contribution in [3.05, 3.63) is 102 Å². The molecule has 3 aromatic rings. The van der Waals surface area contributed by atoms with Crippen molar-refractivity contribution in [1.29, 1.82) is 0 Å². The highest BCUT2D eigenvalue weighted by atomic mass is 32.2. The topological polar surface area (TPSA) is 86.8 Å². The number of sulfonamides is 1. The van der Waals surface area contributed by atoms with Gasteiger partial charge in [-0.05, 0) is 48.6 Å². The number of aryl methyl sites for hydroxylation is 1. The van der Waals surface area contributed by atoms with Gasteiger partial charge >= 0.3 is 0 Å². The maximum Gasteiger partial charge on any atom is 0.243 e. The lowest BCUT2D eigenvalue weighted by Gasteiger charge is -2.32. The third-order valence-corrected chi connectivity index (χ3v) is 7.81. The van der Waals surface area contributed by atoms with Crippen LogP contribution in [-0.2, 0) is 32.6 Å². The number of nitrogens with one attached hydrogen (secondary N) is 1. The van der Waals surface area contributed by atoms with E-state index in [9.17, 15) is 18.0 Å². The Kier molecular flexibility index (Phi) is 11.1. The van der Waals surface area contributed by atoms with Gasteiger partial charge in [0.1, 0.15) is 6.04 Å². The zero-order chi connectivity index (χ0) is 28.3. The monoisotopic (exact) mass is 549 g/mol. The molecule has 3 rings (SSSR count). The standard InChI is InChI=1S/C31H39N3O4S/c1-4-21-32-31(36)29(23-26-15-7-5-8-16-26)33(24-27-17-12-11-14-25(27)2)30(35)20-13-22-34(39(3,37)38)28-18-9-6-10-19-28/h5-12,14-19,29H,4,13,20-24H2,1-3H3,(H,32,36). The molecule has 208 valence electrons. The summed E-state index contributed by atoms with van der Waals surface area (Å²) in [5, 5.41) is 2.98. The quantitative estimate of drug-likeness (QED) is 0.316. The highest BCUT2D eigenvalue weighted by molar-refractivity contribution is 7.92. The van der Waals surface area contributed by atoms with Crippen molar-refractivity contribution in [3.8, 4) is 0 Å². The lowest BCUT2D eigenvalue weighted by molar-refractivity contribution is -0.141. The number of nitrogens with zero attached hydrogens (tertiary/aromatic N) is 2. The summed E-state index contributed by atoms with van der Waals surface area (Å²) in [5.74, 6) is -0.378. The van der Waals surface area contributed by atoms with E-state index in [1.165, 1.54) is 10.6 Å². The Bertz CT molecular complexity index is 1310. The zero-order valence-electron chi connectivity index (χ0n) is 23.0. The zero-order valence-corrected chi connectivity index (χ0v) is 23.9. The third kappa shape index (κ3) is 8.96. The summed E-state index contributed by atoms with van der Waals surface area (Å²) in [7, 11) is -3.53. The number of carbonyl (C=O) groups excluding carboxylic acids is 2. The van der Waals surface area contributed by atoms with Crippen LogP contribution in [0.25, 0.3) is 0 Å². The van der Waals surface area contributed by atoms with E-state index >= 15 is 0 Å². The van der Waals surface area contributed by atoms with Crippen LogP contribution in [0.4, 0.5) is 5.69 Å². The first-order chi connectivity index (χ1) is 18.7. The molecule has 0 aromatic heterocycles. The Balaban J connectivity index is 1.87. The van der Waals surface area contributed by atoms with E-state index in [-0.39, 0.29) is 31.3 Å². The van der Waals surface area contributed by atoms with Crippen LogP contribution in [0.3, 0.4) is 0 Å². The summed E-state index contributed by atoms with van der Waals surface area (Å²) in [5.41, 5.74) is 3.53. The second-order valence-electron chi connectivity index (χ2n) is 9.72. The molecule has 0 aliphatic carbocycles. The normalized spacial score (nSPS) is 12.0. The van der Waals surface area contributed by atoms with Crippen molar-refractivity contribution in [2.75, 3.05) is 23.7 Å². The average Bonchev–Trinajstić information content (AvgIpc) is 2.92. The number of rotatable bonds is 14. The SMILES string of the molecule is CCCNC(=O)C(Cc1ccccc1)N(Cc1ccccc1C)C(=O)CCCN(c1ccccc1)S(C)(=O)=O. The van der Waals surface area contributed by atoms with Gasteiger partial charge < -0.3 is 10.2 Å². The minimum Gasteiger partial charge on any atom is -0.354 e. The van der Waals surface area contributed by atoms with Gasteiger partial charge in [0.05, 0.1) is 11.9 Å². The Hall–Kier alpha value is -3.65. The number of anilines is 1. The first kappa shape index (κ1) is 29.9. The van der Waals surface area contributed by atoms with Crippen molar-refractivity contribution >= 4 is 27.5 Å². The molecule has 0 heterocycles. The van der Waals surface area contributed by atoms with Gasteiger partial charge in [-0.15, -0.1) is 0 Å². The molecule has 1 unspecified atom stereocenters. The van der Waals surface area contributed by atoms with Gasteiger partial charge in [-0.25, -0.2) is 8.42 Å². The lowest BCUT2D eigenvalue weighted by atomic mass is 10.0. The van der Waals surface area contributed by atoms with Crippen molar-refractivity contribution < 1.29 is 18.0 Å². The van der Waals surface area contributed by atoms with Gasteiger partial charge in [0, 0.05) is 32.5 Å². The van der Waals surface area contributed by atoms with E-state index in [4.69, 9.17) is 0 Å². The molecule has 0 radical (unpaired) electrons. The van der Waals surface area contributed by atoms with E-state index in [2.05, 4.69) is 5.32 Å². The maximum atomic E-state index is 13.8. The molecule has 0 saturated carbocycles. The van der Waals surface area contributed by atoms with Crippen molar-refractivity contribution in [2.24, 2.45) is 0 Å². The average molecular weight is 550 g/mol. The maximum absolute atomic E-state index is 13.8. The molecule has 0 spiro atoms. The van der Waals surface area contributed by atoms with Crippen LogP contribution in [-0.4, -0.2) is 50.5 Å². The van der Waals surface area contributed by atoms with Crippen LogP contribution in [0, 0.1) is 6.92 Å². The second kappa shape index (κ2) is 14.5. The van der Waals surface area contributed by atoms with Gasteiger partial charge in [-0.2, -0.15) is 0 Å². The molecule has 8 heteroatoms. The molecule has 39 heavy (non-hydrogen) atoms. The number of para-hydroxylation sites is 1. The van der Waals surface area contributed by atoms with E-state index in [1.54, 1.807) is 29.2 Å². The van der Waals surface area contributed by atoms with Crippen LogP contribution < -0.4 is 9.62 Å². The highest BCUT2D eigenvalue weighted by Crippen LogP contribution is 2.20. The molecular weight excluding hydrogens is 510 g/mol. The van der Waals surface area contributed by atoms with E-state index in [1.807, 2.05) is 74.5 Å². The molecule has 0 aliphatic heterocycles. The third-order valence-electron chi connectivity index (χ3n) is 6.62. The van der Waals surface area contributed by atoms with E-state index in [0.29, 0.717) is 25.1 Å². The van der Waals surface area contributed by atoms with Crippen LogP contribution in [0.15, 0.2) is 84.9 Å². The van der Waals surface area contributed by atoms with Crippen LogP contribution in [0.2, 0.25) is 0 Å². The van der Waals surface area contributed by atoms with Gasteiger partial charge in [0.25, 0.3) is 0 Å². The van der Waals surface area contributed by atoms with Gasteiger partial charge in [0.2, 0.25) is 21.8 Å². The number of carbonyl (C=O) groups is 2. The fourth-order valence-electron chi connectivity index (χ4n) is 4.49. The lowest BCUT2D eigenvalue weighted by Crippen LogP contribution is -2.50. The molecule has 3 aromatic carbocycles. The Morgan fingerprint density at radius 3 is 2.13 bits per heavy atom. The highest BCUT2D eigenvalue weighted by Gasteiger charge is 2.30. The fraction of sp³-hybridized carbons (Fsp3) is 0.355. The molecule has 2 amide bonds. The number of hydrogen-bond donors (Lipinski definition) is 1. The number of hydrogen-bond acceptors (Lipinski definition) is 4. The van der Waals surface area contributed by atoms with Crippen LogP contribution >= 0.6 is 0 Å². The Labute approximate surface area is 232 Å². The summed E-state index contributed by atoms with van der Waals surface area (Å²) in [6.07, 6.45) is 2.76. The second-order valence-corrected chi connectivity index (χ2v) is 11.6. The molecule has 0 fully saturated rings. The predicted octanol–water partition coefficient (Wildman–Crippen LogP) is 4.71. The van der Waals surface area contributed by atoms with Gasteiger partial charge in [0.15, 0.2) is 0 Å². The van der Waals surface area contributed by atoms with E-state index in [0.717, 1.165) is 23.1 Å². The first-order valence-corrected chi connectivity index (χ1v) is 15.2. The summed E-state index contributed by atoms with van der Waals surface area (Å²) >= 11 is 0. The number of benzene rings is 3. The Morgan fingerprint density at radius 2 is 1.51 bits per heavy atom. The van der Waals surface area contributed by atoms with Gasteiger partial charge in [-0.1, -0.05) is 79.7 Å². The fourth-order valence-corrected chi connectivity index (χ4v) is 5.45. The van der Waals surface area contributed by atoms with Crippen LogP contribution in [0.5, 0.6) is 0 Å². The van der Waals surface area contributed by atoms with Gasteiger partial charge in [-0.3, -0.25) is 13.9 Å². The first-order valence-electron chi connectivity index (χ1n) is 13.4. The van der Waals surface area contributed by atoms with Crippen molar-refractivity contribution in [3.63, 3.8) is 0 Å². The summed E-state index contributed by atoms with van der Waals surface area (Å²) in [6.45, 7) is 4.96. The molecule has 0 aliphatic rings. The smallest absolute Gasteiger partial charge is 0.243 e. The van der Waals surface area contributed by atoms with E-state index < -0.39 is 16.1 Å². The largest absolute Gasteiger partial charge is 0.354 e. The Morgan fingerprint density at radius 1 is 0.897 bits per heavy atom. The predicted molar refractivity (Wildman–Crippen MR) is 157 cm³/mol. The molecule has 0 saturated heterocycles. The van der Waals surface area contributed by atoms with Crippen molar-refractivity contribution in [1.82, 2.24) is 10.2 Å². The minimum atomic E-state index is -3.53. The van der Waals surface area contributed by atoms with Crippen LogP contribution in [0.1, 0.15) is 42.9 Å². The summed E-state index contributed by atoms with van der Waals surface area (Å²) in [6, 6.07) is 25.7. The minimum absolute atomic E-state index is 0.108.